The van der Waals surface area contributed by atoms with E-state index in [2.05, 4.69) is 22.2 Å². The summed E-state index contributed by atoms with van der Waals surface area (Å²) in [4.78, 5) is 22.2. The number of nitrogens with zero attached hydrogens (tertiary/aromatic N) is 4. The lowest BCUT2D eigenvalue weighted by atomic mass is 9.82. The van der Waals surface area contributed by atoms with E-state index in [9.17, 15) is 4.79 Å². The van der Waals surface area contributed by atoms with Crippen molar-refractivity contribution >= 4 is 23.3 Å². The average molecular weight is 447 g/mol. The molecule has 0 bridgehead atoms. The van der Waals surface area contributed by atoms with Crippen LogP contribution in [0.2, 0.25) is 0 Å². The molecule has 0 fully saturated rings. The Balaban J connectivity index is 1.40. The molecule has 0 saturated heterocycles. The number of carbonyl (C=O) groups excluding carboxylic acids is 1. The Labute approximate surface area is 189 Å². The van der Waals surface area contributed by atoms with Crippen molar-refractivity contribution in [1.29, 1.82) is 0 Å². The molecule has 2 aromatic heterocycles. The number of rotatable bonds is 6. The van der Waals surface area contributed by atoms with Gasteiger partial charge in [-0.2, -0.15) is 4.98 Å². The summed E-state index contributed by atoms with van der Waals surface area (Å²) in [6, 6.07) is 16.0. The van der Waals surface area contributed by atoms with Gasteiger partial charge in [0.15, 0.2) is 17.3 Å². The average Bonchev–Trinajstić information content (AvgIpc) is 3.23. The van der Waals surface area contributed by atoms with Crippen molar-refractivity contribution in [3.63, 3.8) is 0 Å². The van der Waals surface area contributed by atoms with Gasteiger partial charge in [-0.05, 0) is 35.6 Å². The van der Waals surface area contributed by atoms with Gasteiger partial charge in [-0.1, -0.05) is 48.2 Å². The molecule has 1 atom stereocenters. The second kappa shape index (κ2) is 8.63. The highest BCUT2D eigenvalue weighted by Gasteiger charge is 2.29. The number of carbonyl (C=O) groups is 1. The predicted octanol–water partition coefficient (Wildman–Crippen LogP) is 4.35. The molecule has 0 aliphatic heterocycles. The first-order valence-corrected chi connectivity index (χ1v) is 11.3. The minimum Gasteiger partial charge on any atom is -0.493 e. The molecule has 5 rings (SSSR count). The second-order valence-corrected chi connectivity index (χ2v) is 8.60. The van der Waals surface area contributed by atoms with Crippen LogP contribution < -0.4 is 9.47 Å². The molecule has 0 unspecified atom stereocenters. The number of thioether (sulfide) groups is 1. The van der Waals surface area contributed by atoms with Gasteiger partial charge >= 0.3 is 0 Å². The van der Waals surface area contributed by atoms with Gasteiger partial charge in [-0.3, -0.25) is 4.79 Å². The largest absolute Gasteiger partial charge is 0.493 e. The van der Waals surface area contributed by atoms with Crippen molar-refractivity contribution in [1.82, 2.24) is 19.6 Å². The van der Waals surface area contributed by atoms with Crippen LogP contribution in [0.3, 0.4) is 0 Å². The summed E-state index contributed by atoms with van der Waals surface area (Å²) >= 11 is 1.55. The number of aromatic nitrogens is 4. The molecule has 7 nitrogen and oxygen atoms in total. The zero-order chi connectivity index (χ0) is 22.1. The van der Waals surface area contributed by atoms with Crippen LogP contribution in [0, 0.1) is 0 Å². The van der Waals surface area contributed by atoms with Gasteiger partial charge in [-0.15, -0.1) is 5.10 Å². The van der Waals surface area contributed by atoms with Crippen LogP contribution in [0.4, 0.5) is 0 Å². The van der Waals surface area contributed by atoms with Crippen molar-refractivity contribution in [2.45, 2.75) is 29.7 Å². The van der Waals surface area contributed by atoms with E-state index in [1.807, 2.05) is 36.4 Å². The van der Waals surface area contributed by atoms with E-state index in [4.69, 9.17) is 14.5 Å². The third-order valence-electron chi connectivity index (χ3n) is 5.65. The van der Waals surface area contributed by atoms with Crippen molar-refractivity contribution in [2.24, 2.45) is 0 Å². The van der Waals surface area contributed by atoms with Gasteiger partial charge in [-0.25, -0.2) is 9.50 Å². The molecule has 8 heteroatoms. The third kappa shape index (κ3) is 3.93. The number of fused-ring (bicyclic) bond motifs is 2. The number of ketones is 1. The fourth-order valence-electron chi connectivity index (χ4n) is 3.99. The lowest BCUT2D eigenvalue weighted by Crippen LogP contribution is -2.21. The number of ether oxygens (including phenoxy) is 2. The van der Waals surface area contributed by atoms with Crippen molar-refractivity contribution < 1.29 is 14.3 Å². The summed E-state index contributed by atoms with van der Waals surface area (Å²) in [7, 11) is 3.22. The van der Waals surface area contributed by atoms with Gasteiger partial charge in [0.2, 0.25) is 5.16 Å². The minimum atomic E-state index is 0.0274. The molecular formula is C24H22N4O3S. The molecule has 0 N–H and O–H groups in total. The summed E-state index contributed by atoms with van der Waals surface area (Å²) < 4.78 is 12.4. The molecule has 2 aromatic carbocycles. The van der Waals surface area contributed by atoms with Crippen LogP contribution in [0.1, 0.15) is 39.5 Å². The number of hydrogen-bond acceptors (Lipinski definition) is 7. The highest BCUT2D eigenvalue weighted by molar-refractivity contribution is 7.98. The summed E-state index contributed by atoms with van der Waals surface area (Å²) in [5.74, 6) is 2.71. The van der Waals surface area contributed by atoms with Crippen LogP contribution in [-0.2, 0) is 12.2 Å². The first-order chi connectivity index (χ1) is 15.6. The smallest absolute Gasteiger partial charge is 0.253 e. The Morgan fingerprint density at radius 3 is 2.62 bits per heavy atom. The second-order valence-electron chi connectivity index (χ2n) is 7.66. The van der Waals surface area contributed by atoms with Crippen LogP contribution in [0.25, 0.3) is 5.78 Å². The van der Waals surface area contributed by atoms with Crippen molar-refractivity contribution in [3.8, 4) is 11.5 Å². The van der Waals surface area contributed by atoms with E-state index in [1.165, 1.54) is 5.56 Å². The Bertz CT molecular complexity index is 1290. The molecule has 162 valence electrons. The van der Waals surface area contributed by atoms with Crippen LogP contribution in [0.15, 0.2) is 59.9 Å². The maximum Gasteiger partial charge on any atom is 0.253 e. The standard InChI is InChI=1S/C24H22N4O3S/c1-30-21-9-8-16(12-22(21)31-2)17-10-19-18(20(29)11-17)13-28-23(25-19)26-24(27-28)32-14-15-6-4-3-5-7-15/h3-9,12-13,17H,10-11,14H2,1-2H3/t17-/m1/s1. The van der Waals surface area contributed by atoms with Gasteiger partial charge in [0.05, 0.1) is 25.5 Å². The maximum atomic E-state index is 12.9. The van der Waals surface area contributed by atoms with E-state index in [-0.39, 0.29) is 11.7 Å². The Morgan fingerprint density at radius 1 is 1.03 bits per heavy atom. The summed E-state index contributed by atoms with van der Waals surface area (Å²) in [6.45, 7) is 0. The zero-order valence-corrected chi connectivity index (χ0v) is 18.6. The van der Waals surface area contributed by atoms with Crippen LogP contribution in [-0.4, -0.2) is 39.6 Å². The monoisotopic (exact) mass is 446 g/mol. The van der Waals surface area contributed by atoms with E-state index in [0.717, 1.165) is 17.0 Å². The fourth-order valence-corrected chi connectivity index (χ4v) is 4.77. The summed E-state index contributed by atoms with van der Waals surface area (Å²) in [5.41, 5.74) is 3.62. The molecule has 2 heterocycles. The lowest BCUT2D eigenvalue weighted by Gasteiger charge is -2.23. The first kappa shape index (κ1) is 20.5. The van der Waals surface area contributed by atoms with Crippen LogP contribution >= 0.6 is 11.8 Å². The van der Waals surface area contributed by atoms with Gasteiger partial charge in [0, 0.05) is 18.4 Å². The Kier molecular flexibility index (Phi) is 5.53. The quantitative estimate of drug-likeness (QED) is 0.408. The zero-order valence-electron chi connectivity index (χ0n) is 17.8. The lowest BCUT2D eigenvalue weighted by molar-refractivity contribution is 0.0962. The van der Waals surface area contributed by atoms with Crippen LogP contribution in [0.5, 0.6) is 11.5 Å². The number of methoxy groups -OCH3 is 2. The normalized spacial score (nSPS) is 15.6. The summed E-state index contributed by atoms with van der Waals surface area (Å²) in [5, 5.41) is 5.16. The maximum absolute atomic E-state index is 12.9. The molecule has 0 radical (unpaired) electrons. The van der Waals surface area contributed by atoms with Gasteiger partial charge in [0.1, 0.15) is 0 Å². The Hall–Kier alpha value is -3.39. The van der Waals surface area contributed by atoms with E-state index in [0.29, 0.717) is 40.8 Å². The van der Waals surface area contributed by atoms with Crippen molar-refractivity contribution in [3.05, 3.63) is 77.1 Å². The summed E-state index contributed by atoms with van der Waals surface area (Å²) in [6.07, 6.45) is 2.84. The number of Topliss-reactive ketones (excluding diaryl/α,β-unsaturated/α-hetero) is 1. The highest BCUT2D eigenvalue weighted by Crippen LogP contribution is 2.36. The fraction of sp³-hybridized carbons (Fsp3) is 0.250. The van der Waals surface area contributed by atoms with E-state index < -0.39 is 0 Å². The number of benzene rings is 2. The highest BCUT2D eigenvalue weighted by atomic mass is 32.2. The third-order valence-corrected chi connectivity index (χ3v) is 6.56. The van der Waals surface area contributed by atoms with E-state index >= 15 is 0 Å². The molecular weight excluding hydrogens is 424 g/mol. The Morgan fingerprint density at radius 2 is 1.84 bits per heavy atom. The topological polar surface area (TPSA) is 78.6 Å². The molecule has 4 aromatic rings. The van der Waals surface area contributed by atoms with Gasteiger partial charge < -0.3 is 9.47 Å². The molecule has 0 amide bonds. The van der Waals surface area contributed by atoms with Gasteiger partial charge in [0.25, 0.3) is 5.78 Å². The first-order valence-electron chi connectivity index (χ1n) is 10.3. The number of hydrogen-bond donors (Lipinski definition) is 0. The van der Waals surface area contributed by atoms with E-state index in [1.54, 1.807) is 36.7 Å². The minimum absolute atomic E-state index is 0.0274. The van der Waals surface area contributed by atoms with Crippen molar-refractivity contribution in [2.75, 3.05) is 14.2 Å². The molecule has 1 aliphatic carbocycles. The predicted molar refractivity (Wildman–Crippen MR) is 122 cm³/mol. The molecule has 0 spiro atoms. The SMILES string of the molecule is COc1ccc([C@H]2CC(=O)c3cn4nc(SCc5ccccc5)nc4nc3C2)cc1OC. The molecule has 32 heavy (non-hydrogen) atoms. The molecule has 1 aliphatic rings. The molecule has 0 saturated carbocycles.